The van der Waals surface area contributed by atoms with Crippen LogP contribution in [0.3, 0.4) is 0 Å². The van der Waals surface area contributed by atoms with Crippen LogP contribution >= 0.6 is 11.6 Å². The molecule has 1 unspecified atom stereocenters. The molecule has 6 nitrogen and oxygen atoms in total. The molecule has 1 aromatic heterocycles. The second-order valence-electron chi connectivity index (χ2n) is 6.05. The number of carbonyl (C=O) groups excluding carboxylic acids is 1. The Hall–Kier alpha value is -1.69. The van der Waals surface area contributed by atoms with Crippen LogP contribution in [0.15, 0.2) is 12.3 Å². The van der Waals surface area contributed by atoms with Crippen LogP contribution in [0.25, 0.3) is 0 Å². The van der Waals surface area contributed by atoms with Crippen LogP contribution in [0.5, 0.6) is 0 Å². The van der Waals surface area contributed by atoms with Gasteiger partial charge in [-0.05, 0) is 25.2 Å². The Bertz CT molecular complexity index is 602. The normalized spacial score (nSPS) is 23.5. The lowest BCUT2D eigenvalue weighted by molar-refractivity contribution is -0.746. The number of hydrogen-bond donors (Lipinski definition) is 0. The molecular weight excluding hydrogens is 306 g/mol. The second kappa shape index (κ2) is 6.20. The fourth-order valence-electron chi connectivity index (χ4n) is 2.62. The molecule has 0 radical (unpaired) electrons. The molecule has 0 bridgehead atoms. The van der Waals surface area contributed by atoms with Gasteiger partial charge >= 0.3 is 5.69 Å². The molecule has 22 heavy (non-hydrogen) atoms. The third kappa shape index (κ3) is 3.21. The first kappa shape index (κ1) is 15.2. The van der Waals surface area contributed by atoms with Crippen molar-refractivity contribution < 1.29 is 14.6 Å². The number of aromatic nitrogens is 1. The Kier molecular flexibility index (Phi) is 4.29. The molecule has 2 atom stereocenters. The van der Waals surface area contributed by atoms with Crippen LogP contribution in [0.1, 0.15) is 36.7 Å². The first-order valence-corrected chi connectivity index (χ1v) is 7.99. The van der Waals surface area contributed by atoms with Gasteiger partial charge in [0.15, 0.2) is 6.61 Å². The molecule has 2 fully saturated rings. The van der Waals surface area contributed by atoms with Gasteiger partial charge in [0, 0.05) is 25.1 Å². The molecule has 0 aromatic carbocycles. The van der Waals surface area contributed by atoms with Crippen LogP contribution < -0.4 is 0 Å². The fraction of sp³-hybridized carbons (Fsp3) is 0.600. The standard InChI is InChI=1S/C15H19ClN3O3/c1-10-6-11(10)9-22-19(21)12-7-13(16)14(17-8-12)15(20)18-4-2-3-5-18/h7-8,10-11H,2-6,9H2,1H3/q+1/t10?,11-/m1/s1. The van der Waals surface area contributed by atoms with E-state index in [2.05, 4.69) is 11.9 Å². The third-order valence-corrected chi connectivity index (χ3v) is 4.60. The maximum absolute atomic E-state index is 12.3. The van der Waals surface area contributed by atoms with Gasteiger partial charge in [0.2, 0.25) is 0 Å². The van der Waals surface area contributed by atoms with Crippen molar-refractivity contribution in [1.29, 1.82) is 0 Å². The molecule has 7 heteroatoms. The van der Waals surface area contributed by atoms with E-state index in [4.69, 9.17) is 16.4 Å². The van der Waals surface area contributed by atoms with Gasteiger partial charge in [0.25, 0.3) is 10.8 Å². The smallest absolute Gasteiger partial charge is 0.336 e. The number of carbonyl (C=O) groups is 1. The van der Waals surface area contributed by atoms with Crippen molar-refractivity contribution in [2.45, 2.75) is 26.2 Å². The molecule has 2 heterocycles. The second-order valence-corrected chi connectivity index (χ2v) is 6.46. The van der Waals surface area contributed by atoms with Crippen molar-refractivity contribution >= 4 is 23.2 Å². The van der Waals surface area contributed by atoms with E-state index in [0.717, 1.165) is 32.4 Å². The summed E-state index contributed by atoms with van der Waals surface area (Å²) in [5, 5.41) is 0.179. The third-order valence-electron chi connectivity index (χ3n) is 4.32. The van der Waals surface area contributed by atoms with E-state index in [1.54, 1.807) is 4.90 Å². The Balaban J connectivity index is 1.65. The summed E-state index contributed by atoms with van der Waals surface area (Å²) in [5.41, 5.74) is 0.396. The SMILES string of the molecule is CC1C[C@@H]1CO[N+](=O)c1cnc(C(=O)N2CCCC2)c(Cl)c1. The van der Waals surface area contributed by atoms with Gasteiger partial charge in [-0.15, -0.1) is 0 Å². The van der Waals surface area contributed by atoms with Crippen LogP contribution in [-0.2, 0) is 4.84 Å². The van der Waals surface area contributed by atoms with E-state index in [0.29, 0.717) is 23.4 Å². The van der Waals surface area contributed by atoms with Crippen molar-refractivity contribution in [3.8, 4) is 0 Å². The predicted molar refractivity (Wildman–Crippen MR) is 80.9 cm³/mol. The molecule has 118 valence electrons. The zero-order valence-electron chi connectivity index (χ0n) is 12.5. The quantitative estimate of drug-likeness (QED) is 0.781. The topological polar surface area (TPSA) is 62.5 Å². The number of nitrogens with zero attached hydrogens (tertiary/aromatic N) is 3. The maximum atomic E-state index is 12.3. The highest BCUT2D eigenvalue weighted by atomic mass is 35.5. The molecule has 1 aliphatic carbocycles. The highest BCUT2D eigenvalue weighted by molar-refractivity contribution is 6.33. The van der Waals surface area contributed by atoms with E-state index < -0.39 is 0 Å². The van der Waals surface area contributed by atoms with Gasteiger partial charge in [-0.2, -0.15) is 0 Å². The number of hydrogen-bond acceptors (Lipinski definition) is 4. The molecule has 1 amide bonds. The van der Waals surface area contributed by atoms with Crippen molar-refractivity contribution in [2.75, 3.05) is 19.7 Å². The van der Waals surface area contributed by atoms with Crippen molar-refractivity contribution in [1.82, 2.24) is 9.88 Å². The molecule has 1 aromatic rings. The number of rotatable bonds is 5. The minimum absolute atomic E-state index is 0.179. The fourth-order valence-corrected chi connectivity index (χ4v) is 2.87. The van der Waals surface area contributed by atoms with Gasteiger partial charge in [0.05, 0.1) is 9.93 Å². The first-order valence-electron chi connectivity index (χ1n) is 7.61. The van der Waals surface area contributed by atoms with Gasteiger partial charge < -0.3 is 4.90 Å². The zero-order valence-corrected chi connectivity index (χ0v) is 13.3. The Morgan fingerprint density at radius 2 is 2.18 bits per heavy atom. The Morgan fingerprint density at radius 3 is 2.77 bits per heavy atom. The maximum Gasteiger partial charge on any atom is 0.336 e. The molecule has 1 saturated carbocycles. The summed E-state index contributed by atoms with van der Waals surface area (Å²) < 4.78 is 0. The lowest BCUT2D eigenvalue weighted by Gasteiger charge is -2.14. The van der Waals surface area contributed by atoms with E-state index >= 15 is 0 Å². The van der Waals surface area contributed by atoms with Crippen molar-refractivity contribution in [3.63, 3.8) is 0 Å². The van der Waals surface area contributed by atoms with E-state index in [1.165, 1.54) is 12.3 Å². The summed E-state index contributed by atoms with van der Waals surface area (Å²) in [5.74, 6) is 0.894. The van der Waals surface area contributed by atoms with Gasteiger partial charge in [0.1, 0.15) is 11.9 Å². The monoisotopic (exact) mass is 324 g/mol. The highest BCUT2D eigenvalue weighted by Crippen LogP contribution is 2.38. The molecule has 1 saturated heterocycles. The number of halogens is 1. The Labute approximate surface area is 133 Å². The van der Waals surface area contributed by atoms with Crippen molar-refractivity contribution in [2.24, 2.45) is 11.8 Å². The molecule has 1 aliphatic heterocycles. The largest absolute Gasteiger partial charge is 0.337 e. The van der Waals surface area contributed by atoms with Crippen LogP contribution in [0, 0.1) is 16.7 Å². The summed E-state index contributed by atoms with van der Waals surface area (Å²) in [4.78, 5) is 35.5. The number of likely N-dealkylation sites (tertiary alicyclic amines) is 1. The minimum Gasteiger partial charge on any atom is -0.337 e. The van der Waals surface area contributed by atoms with Crippen LogP contribution in [0.2, 0.25) is 5.02 Å². The van der Waals surface area contributed by atoms with E-state index in [9.17, 15) is 9.70 Å². The van der Waals surface area contributed by atoms with Gasteiger partial charge in [-0.1, -0.05) is 18.5 Å². The summed E-state index contributed by atoms with van der Waals surface area (Å²) in [7, 11) is 0. The summed E-state index contributed by atoms with van der Waals surface area (Å²) in [6.07, 6.45) is 4.43. The van der Waals surface area contributed by atoms with Crippen molar-refractivity contribution in [3.05, 3.63) is 27.9 Å². The lowest BCUT2D eigenvalue weighted by Crippen LogP contribution is -2.28. The van der Waals surface area contributed by atoms with E-state index in [-0.39, 0.29) is 22.3 Å². The molecular formula is C15H19ClN3O3+. The minimum atomic E-state index is -0.181. The van der Waals surface area contributed by atoms with E-state index in [1.807, 2.05) is 0 Å². The molecule has 0 spiro atoms. The lowest BCUT2D eigenvalue weighted by atomic mass is 10.3. The van der Waals surface area contributed by atoms with Gasteiger partial charge in [-0.25, -0.2) is 9.82 Å². The Morgan fingerprint density at radius 1 is 1.50 bits per heavy atom. The first-order chi connectivity index (χ1) is 10.6. The number of pyridine rings is 1. The summed E-state index contributed by atoms with van der Waals surface area (Å²) in [6, 6.07) is 1.43. The highest BCUT2D eigenvalue weighted by Gasteiger charge is 2.36. The summed E-state index contributed by atoms with van der Waals surface area (Å²) in [6.45, 7) is 3.99. The van der Waals surface area contributed by atoms with Crippen LogP contribution in [0.4, 0.5) is 5.69 Å². The predicted octanol–water partition coefficient (Wildman–Crippen LogP) is 2.97. The molecule has 2 aliphatic rings. The average molecular weight is 325 g/mol. The van der Waals surface area contributed by atoms with Gasteiger partial charge in [-0.3, -0.25) is 4.79 Å². The number of amides is 1. The molecule has 0 N–H and O–H groups in total. The summed E-state index contributed by atoms with van der Waals surface area (Å²) >= 11 is 6.11. The van der Waals surface area contributed by atoms with Crippen LogP contribution in [-0.4, -0.2) is 40.4 Å². The average Bonchev–Trinajstić information content (AvgIpc) is 2.99. The zero-order chi connectivity index (χ0) is 15.7. The molecule has 3 rings (SSSR count).